The Labute approximate surface area is 134 Å². The summed E-state index contributed by atoms with van der Waals surface area (Å²) in [6.07, 6.45) is 0.101. The van der Waals surface area contributed by atoms with Gasteiger partial charge in [-0.15, -0.1) is 0 Å². The van der Waals surface area contributed by atoms with Crippen LogP contribution < -0.4 is 5.32 Å². The van der Waals surface area contributed by atoms with Gasteiger partial charge in [0.05, 0.1) is 0 Å². The van der Waals surface area contributed by atoms with Crippen LogP contribution in [0, 0.1) is 6.92 Å². The maximum Gasteiger partial charge on any atom is 0.306 e. The van der Waals surface area contributed by atoms with E-state index in [0.29, 0.717) is 12.1 Å². The molecule has 5 heteroatoms. The molecule has 0 radical (unpaired) electrons. The first kappa shape index (κ1) is 16.2. The van der Waals surface area contributed by atoms with E-state index < -0.39 is 6.10 Å². The Hall–Kier alpha value is -2.14. The fraction of sp³-hybridized carbons (Fsp3) is 0.294. The summed E-state index contributed by atoms with van der Waals surface area (Å²) in [4.78, 5) is 23.7. The highest BCUT2D eigenvalue weighted by Gasteiger charge is 2.17. The molecule has 1 amide bonds. The number of carbonyl (C=O) groups excluding carboxylic acids is 2. The lowest BCUT2D eigenvalue weighted by Gasteiger charge is -2.13. The molecule has 2 rings (SSSR count). The Morgan fingerprint density at radius 1 is 1.23 bits per heavy atom. The summed E-state index contributed by atoms with van der Waals surface area (Å²) in [5.74, 6) is -0.689. The van der Waals surface area contributed by atoms with Gasteiger partial charge in [0.15, 0.2) is 6.10 Å². The quantitative estimate of drug-likeness (QED) is 0.829. The van der Waals surface area contributed by atoms with Crippen molar-refractivity contribution >= 4 is 28.9 Å². The molecule has 4 nitrogen and oxygen atoms in total. The van der Waals surface area contributed by atoms with Crippen LogP contribution in [0.1, 0.15) is 24.5 Å². The highest BCUT2D eigenvalue weighted by Crippen LogP contribution is 2.11. The molecule has 1 aromatic heterocycles. The van der Waals surface area contributed by atoms with E-state index in [4.69, 9.17) is 4.74 Å². The van der Waals surface area contributed by atoms with Crippen molar-refractivity contribution < 1.29 is 14.3 Å². The third-order valence-corrected chi connectivity index (χ3v) is 3.93. The number of ether oxygens (including phenoxy) is 1. The second-order valence-electron chi connectivity index (χ2n) is 5.12. The molecule has 22 heavy (non-hydrogen) atoms. The number of rotatable bonds is 6. The van der Waals surface area contributed by atoms with E-state index in [1.807, 2.05) is 48.0 Å². The zero-order valence-electron chi connectivity index (χ0n) is 12.7. The maximum absolute atomic E-state index is 12.0. The number of hydrogen-bond acceptors (Lipinski definition) is 4. The molecule has 0 aliphatic rings. The molecule has 2 aromatic rings. The normalized spacial score (nSPS) is 11.7. The van der Waals surface area contributed by atoms with Crippen molar-refractivity contribution in [1.82, 2.24) is 0 Å². The lowest BCUT2D eigenvalue weighted by Crippen LogP contribution is -2.30. The van der Waals surface area contributed by atoms with Crippen LogP contribution in [0.2, 0.25) is 0 Å². The van der Waals surface area contributed by atoms with Gasteiger partial charge in [-0.05, 0) is 54.8 Å². The van der Waals surface area contributed by atoms with E-state index in [1.54, 1.807) is 18.3 Å². The zero-order valence-corrected chi connectivity index (χ0v) is 13.5. The molecule has 1 atom stereocenters. The molecule has 0 spiro atoms. The van der Waals surface area contributed by atoms with E-state index in [1.165, 1.54) is 0 Å². The maximum atomic E-state index is 12.0. The predicted molar refractivity (Wildman–Crippen MR) is 88.0 cm³/mol. The number of hydrogen-bond donors (Lipinski definition) is 1. The van der Waals surface area contributed by atoms with Crippen LogP contribution in [0.4, 0.5) is 5.69 Å². The van der Waals surface area contributed by atoms with Gasteiger partial charge in [0.2, 0.25) is 0 Å². The Bertz CT molecular complexity index is 620. The van der Waals surface area contributed by atoms with Crippen LogP contribution in [0.3, 0.4) is 0 Å². The van der Waals surface area contributed by atoms with Gasteiger partial charge in [0.1, 0.15) is 0 Å². The first-order chi connectivity index (χ1) is 10.5. The lowest BCUT2D eigenvalue weighted by molar-refractivity contribution is -0.153. The van der Waals surface area contributed by atoms with Crippen molar-refractivity contribution in [2.24, 2.45) is 0 Å². The average Bonchev–Trinajstić information content (AvgIpc) is 3.01. The van der Waals surface area contributed by atoms with Crippen molar-refractivity contribution in [2.75, 3.05) is 5.32 Å². The molecule has 1 heterocycles. The van der Waals surface area contributed by atoms with Crippen LogP contribution in [-0.2, 0) is 20.7 Å². The van der Waals surface area contributed by atoms with Crippen LogP contribution in [-0.4, -0.2) is 18.0 Å². The minimum atomic E-state index is -0.809. The summed E-state index contributed by atoms with van der Waals surface area (Å²) in [7, 11) is 0. The van der Waals surface area contributed by atoms with Gasteiger partial charge in [-0.1, -0.05) is 17.7 Å². The number of nitrogens with one attached hydrogen (secondary N) is 1. The molecule has 0 saturated heterocycles. The predicted octanol–water partition coefficient (Wildman–Crippen LogP) is 3.56. The summed E-state index contributed by atoms with van der Waals surface area (Å²) in [6, 6.07) is 9.43. The topological polar surface area (TPSA) is 55.4 Å². The van der Waals surface area contributed by atoms with Gasteiger partial charge in [-0.25, -0.2) is 0 Å². The van der Waals surface area contributed by atoms with Crippen molar-refractivity contribution in [1.29, 1.82) is 0 Å². The first-order valence-electron chi connectivity index (χ1n) is 7.12. The van der Waals surface area contributed by atoms with Gasteiger partial charge in [0.25, 0.3) is 5.91 Å². The monoisotopic (exact) mass is 317 g/mol. The first-order valence-corrected chi connectivity index (χ1v) is 8.07. The van der Waals surface area contributed by atoms with Crippen molar-refractivity contribution in [3.63, 3.8) is 0 Å². The van der Waals surface area contributed by atoms with Gasteiger partial charge < -0.3 is 10.1 Å². The Balaban J connectivity index is 1.77. The minimum absolute atomic E-state index is 0.277. The molecule has 116 valence electrons. The molecular formula is C17H19NO3S. The number of thiophene rings is 1. The lowest BCUT2D eigenvalue weighted by atomic mass is 10.2. The largest absolute Gasteiger partial charge is 0.453 e. The van der Waals surface area contributed by atoms with Crippen LogP contribution in [0.25, 0.3) is 0 Å². The Kier molecular flexibility index (Phi) is 5.72. The molecule has 0 unspecified atom stereocenters. The summed E-state index contributed by atoms with van der Waals surface area (Å²) < 4.78 is 5.16. The highest BCUT2D eigenvalue weighted by molar-refractivity contribution is 7.07. The van der Waals surface area contributed by atoms with E-state index in [2.05, 4.69) is 5.32 Å². The van der Waals surface area contributed by atoms with Crippen molar-refractivity contribution in [3.05, 3.63) is 52.2 Å². The minimum Gasteiger partial charge on any atom is -0.453 e. The fourth-order valence-electron chi connectivity index (χ4n) is 1.87. The third kappa shape index (κ3) is 5.00. The zero-order chi connectivity index (χ0) is 15.9. The molecular weight excluding hydrogens is 298 g/mol. The highest BCUT2D eigenvalue weighted by atomic mass is 32.1. The number of carbonyl (C=O) groups is 2. The van der Waals surface area contributed by atoms with E-state index >= 15 is 0 Å². The number of anilines is 1. The van der Waals surface area contributed by atoms with Gasteiger partial charge in [-0.3, -0.25) is 9.59 Å². The van der Waals surface area contributed by atoms with E-state index in [0.717, 1.165) is 11.1 Å². The van der Waals surface area contributed by atoms with E-state index in [-0.39, 0.29) is 18.3 Å². The molecule has 0 aliphatic carbocycles. The van der Waals surface area contributed by atoms with Crippen LogP contribution in [0.5, 0.6) is 0 Å². The molecule has 0 saturated carbocycles. The summed E-state index contributed by atoms with van der Waals surface area (Å²) in [5.41, 5.74) is 2.92. The number of esters is 1. The standard InChI is InChI=1S/C17H19NO3S/c1-12-3-6-15(7-4-12)18-17(20)13(2)21-16(19)8-5-14-9-10-22-11-14/h3-4,6-7,9-11,13H,5,8H2,1-2H3,(H,18,20)/t13-/m0/s1. The third-order valence-electron chi connectivity index (χ3n) is 3.19. The van der Waals surface area contributed by atoms with Gasteiger partial charge in [0, 0.05) is 12.1 Å². The SMILES string of the molecule is Cc1ccc(NC(=O)[C@H](C)OC(=O)CCc2ccsc2)cc1. The Morgan fingerprint density at radius 3 is 2.59 bits per heavy atom. The Morgan fingerprint density at radius 2 is 1.95 bits per heavy atom. The van der Waals surface area contributed by atoms with Gasteiger partial charge in [-0.2, -0.15) is 11.3 Å². The molecule has 1 aromatic carbocycles. The summed E-state index contributed by atoms with van der Waals surface area (Å²) in [5, 5.41) is 6.70. The smallest absolute Gasteiger partial charge is 0.306 e. The average molecular weight is 317 g/mol. The summed E-state index contributed by atoms with van der Waals surface area (Å²) in [6.45, 7) is 3.55. The second-order valence-corrected chi connectivity index (χ2v) is 5.90. The second kappa shape index (κ2) is 7.75. The number of amides is 1. The van der Waals surface area contributed by atoms with Crippen LogP contribution in [0.15, 0.2) is 41.1 Å². The van der Waals surface area contributed by atoms with Crippen LogP contribution >= 0.6 is 11.3 Å². The molecule has 0 aliphatic heterocycles. The number of benzene rings is 1. The molecule has 0 bridgehead atoms. The fourth-order valence-corrected chi connectivity index (χ4v) is 2.57. The van der Waals surface area contributed by atoms with E-state index in [9.17, 15) is 9.59 Å². The number of aryl methyl sites for hydroxylation is 2. The molecule has 0 fully saturated rings. The van der Waals surface area contributed by atoms with Gasteiger partial charge >= 0.3 is 5.97 Å². The molecule has 1 N–H and O–H groups in total. The van der Waals surface area contributed by atoms with Crippen molar-refractivity contribution in [2.45, 2.75) is 32.8 Å². The van der Waals surface area contributed by atoms with Crippen molar-refractivity contribution in [3.8, 4) is 0 Å². The summed E-state index contributed by atoms with van der Waals surface area (Å²) >= 11 is 1.60.